The topological polar surface area (TPSA) is 44.1 Å². The molecule has 0 saturated heterocycles. The van der Waals surface area contributed by atoms with E-state index >= 15 is 0 Å². The third-order valence-electron chi connectivity index (χ3n) is 2.96. The van der Waals surface area contributed by atoms with E-state index in [1.165, 1.54) is 19.1 Å². The van der Waals surface area contributed by atoms with E-state index in [4.69, 9.17) is 16.3 Å². The summed E-state index contributed by atoms with van der Waals surface area (Å²) in [6.07, 6.45) is 0. The number of ketones is 1. The number of carbonyl (C=O) groups is 1. The van der Waals surface area contributed by atoms with Gasteiger partial charge >= 0.3 is 0 Å². The smallest absolute Gasteiger partial charge is 0.163 e. The van der Waals surface area contributed by atoms with Crippen LogP contribution >= 0.6 is 11.6 Å². The van der Waals surface area contributed by atoms with Gasteiger partial charge in [0.2, 0.25) is 0 Å². The Hall–Kier alpha value is -1.88. The fraction of sp³-hybridized carbons (Fsp3) is 0.286. The van der Waals surface area contributed by atoms with Crippen LogP contribution in [0.3, 0.4) is 0 Å². The van der Waals surface area contributed by atoms with Gasteiger partial charge in [0, 0.05) is 12.6 Å². The van der Waals surface area contributed by atoms with Crippen LogP contribution in [0.15, 0.2) is 18.2 Å². The van der Waals surface area contributed by atoms with Crippen molar-refractivity contribution in [3.05, 3.63) is 46.0 Å². The Bertz CT molecular complexity index is 667. The molecule has 0 fully saturated rings. The molecule has 0 aliphatic rings. The molecule has 1 aromatic carbocycles. The highest BCUT2D eigenvalue weighted by Crippen LogP contribution is 2.24. The standard InChI is InChI=1S/C14H14ClFN2O2/c1-8-12(14(15)18(3)17-8)7-20-13-5-4-10(16)6-11(13)9(2)19/h4-6H,7H2,1-3H3. The molecule has 106 valence electrons. The molecule has 1 aromatic heterocycles. The summed E-state index contributed by atoms with van der Waals surface area (Å²) < 4.78 is 20.3. The zero-order chi connectivity index (χ0) is 14.9. The number of benzene rings is 1. The van der Waals surface area contributed by atoms with Crippen molar-refractivity contribution in [3.8, 4) is 5.75 Å². The summed E-state index contributed by atoms with van der Waals surface area (Å²) >= 11 is 6.10. The number of carbonyl (C=O) groups excluding carboxylic acids is 1. The van der Waals surface area contributed by atoms with E-state index in [1.807, 2.05) is 6.92 Å². The minimum Gasteiger partial charge on any atom is -0.488 e. The lowest BCUT2D eigenvalue weighted by molar-refractivity contribution is 0.101. The molecular weight excluding hydrogens is 283 g/mol. The van der Waals surface area contributed by atoms with E-state index in [0.29, 0.717) is 10.9 Å². The zero-order valence-electron chi connectivity index (χ0n) is 11.4. The molecule has 0 aliphatic carbocycles. The highest BCUT2D eigenvalue weighted by molar-refractivity contribution is 6.30. The van der Waals surface area contributed by atoms with Crippen LogP contribution in [0.2, 0.25) is 5.15 Å². The summed E-state index contributed by atoms with van der Waals surface area (Å²) in [5, 5.41) is 4.65. The van der Waals surface area contributed by atoms with Crippen molar-refractivity contribution in [2.24, 2.45) is 7.05 Å². The predicted molar refractivity (Wildman–Crippen MR) is 73.7 cm³/mol. The Morgan fingerprint density at radius 3 is 2.75 bits per heavy atom. The molecule has 0 radical (unpaired) electrons. The van der Waals surface area contributed by atoms with E-state index in [9.17, 15) is 9.18 Å². The summed E-state index contributed by atoms with van der Waals surface area (Å²) in [6.45, 7) is 3.36. The van der Waals surface area contributed by atoms with Gasteiger partial charge in [0.25, 0.3) is 0 Å². The van der Waals surface area contributed by atoms with Crippen molar-refractivity contribution >= 4 is 17.4 Å². The molecule has 6 heteroatoms. The molecule has 0 aliphatic heterocycles. The zero-order valence-corrected chi connectivity index (χ0v) is 12.2. The van der Waals surface area contributed by atoms with Gasteiger partial charge in [-0.2, -0.15) is 5.10 Å². The summed E-state index contributed by atoms with van der Waals surface area (Å²) in [5.74, 6) is -0.398. The van der Waals surface area contributed by atoms with E-state index in [2.05, 4.69) is 5.10 Å². The first-order valence-corrected chi connectivity index (χ1v) is 6.39. The average molecular weight is 297 g/mol. The lowest BCUT2D eigenvalue weighted by Gasteiger charge is -2.10. The first kappa shape index (κ1) is 14.5. The molecule has 0 bridgehead atoms. The van der Waals surface area contributed by atoms with Gasteiger partial charge < -0.3 is 4.74 Å². The highest BCUT2D eigenvalue weighted by Gasteiger charge is 2.14. The van der Waals surface area contributed by atoms with E-state index in [1.54, 1.807) is 11.7 Å². The van der Waals surface area contributed by atoms with Crippen LogP contribution in [0.5, 0.6) is 5.75 Å². The minimum absolute atomic E-state index is 0.171. The number of hydrogen-bond acceptors (Lipinski definition) is 3. The fourth-order valence-corrected chi connectivity index (χ4v) is 2.12. The first-order valence-electron chi connectivity index (χ1n) is 6.01. The van der Waals surface area contributed by atoms with Crippen LogP contribution in [-0.2, 0) is 13.7 Å². The van der Waals surface area contributed by atoms with Gasteiger partial charge in [-0.3, -0.25) is 9.48 Å². The second-order valence-corrected chi connectivity index (χ2v) is 4.82. The summed E-state index contributed by atoms with van der Waals surface area (Å²) in [7, 11) is 1.73. The largest absolute Gasteiger partial charge is 0.488 e. The highest BCUT2D eigenvalue weighted by atomic mass is 35.5. The number of hydrogen-bond donors (Lipinski definition) is 0. The monoisotopic (exact) mass is 296 g/mol. The fourth-order valence-electron chi connectivity index (χ4n) is 1.89. The van der Waals surface area contributed by atoms with Gasteiger partial charge in [-0.25, -0.2) is 4.39 Å². The molecule has 0 spiro atoms. The van der Waals surface area contributed by atoms with Crippen molar-refractivity contribution in [3.63, 3.8) is 0 Å². The Morgan fingerprint density at radius 1 is 1.50 bits per heavy atom. The molecule has 20 heavy (non-hydrogen) atoms. The number of aromatic nitrogens is 2. The number of aryl methyl sites for hydroxylation is 2. The number of nitrogens with zero attached hydrogens (tertiary/aromatic N) is 2. The van der Waals surface area contributed by atoms with Crippen LogP contribution in [0, 0.1) is 12.7 Å². The van der Waals surface area contributed by atoms with Gasteiger partial charge in [-0.1, -0.05) is 11.6 Å². The molecule has 0 saturated carbocycles. The van der Waals surface area contributed by atoms with Crippen molar-refractivity contribution < 1.29 is 13.9 Å². The SMILES string of the molecule is CC(=O)c1cc(F)ccc1OCc1c(C)nn(C)c1Cl. The molecule has 0 amide bonds. The second-order valence-electron chi connectivity index (χ2n) is 4.46. The number of Topliss-reactive ketones (excluding diaryl/α,β-unsaturated/α-hetero) is 1. The predicted octanol–water partition coefficient (Wildman–Crippen LogP) is 3.30. The first-order chi connectivity index (χ1) is 9.40. The average Bonchev–Trinajstić information content (AvgIpc) is 2.62. The molecule has 0 N–H and O–H groups in total. The Morgan fingerprint density at radius 2 is 2.20 bits per heavy atom. The van der Waals surface area contributed by atoms with Crippen molar-refractivity contribution in [1.82, 2.24) is 9.78 Å². The lowest BCUT2D eigenvalue weighted by Crippen LogP contribution is -2.03. The number of ether oxygens (including phenoxy) is 1. The summed E-state index contributed by atoms with van der Waals surface area (Å²) in [6, 6.07) is 3.85. The Kier molecular flexibility index (Phi) is 4.09. The molecule has 0 atom stereocenters. The van der Waals surface area contributed by atoms with Crippen LogP contribution in [0.1, 0.15) is 28.5 Å². The molecule has 2 aromatic rings. The molecule has 0 unspecified atom stereocenters. The van der Waals surface area contributed by atoms with Crippen LogP contribution in [-0.4, -0.2) is 15.6 Å². The maximum atomic E-state index is 13.2. The van der Waals surface area contributed by atoms with Crippen molar-refractivity contribution in [1.29, 1.82) is 0 Å². The third kappa shape index (κ3) is 2.82. The molecule has 1 heterocycles. The second kappa shape index (κ2) is 5.63. The number of halogens is 2. The third-order valence-corrected chi connectivity index (χ3v) is 3.44. The molecule has 4 nitrogen and oxygen atoms in total. The van der Waals surface area contributed by atoms with Gasteiger partial charge in [0.05, 0.1) is 11.3 Å². The lowest BCUT2D eigenvalue weighted by atomic mass is 10.1. The van der Waals surface area contributed by atoms with E-state index in [0.717, 1.165) is 17.3 Å². The van der Waals surface area contributed by atoms with Crippen LogP contribution in [0.4, 0.5) is 4.39 Å². The van der Waals surface area contributed by atoms with Gasteiger partial charge in [0.1, 0.15) is 23.3 Å². The minimum atomic E-state index is -0.474. The Labute approximate surface area is 121 Å². The van der Waals surface area contributed by atoms with Crippen LogP contribution in [0.25, 0.3) is 0 Å². The van der Waals surface area contributed by atoms with E-state index in [-0.39, 0.29) is 18.0 Å². The molecular formula is C14H14ClFN2O2. The van der Waals surface area contributed by atoms with Gasteiger partial charge in [-0.15, -0.1) is 0 Å². The van der Waals surface area contributed by atoms with Crippen molar-refractivity contribution in [2.75, 3.05) is 0 Å². The summed E-state index contributed by atoms with van der Waals surface area (Å²) in [4.78, 5) is 11.5. The van der Waals surface area contributed by atoms with Crippen LogP contribution < -0.4 is 4.74 Å². The normalized spacial score (nSPS) is 10.7. The van der Waals surface area contributed by atoms with Crippen molar-refractivity contribution in [2.45, 2.75) is 20.5 Å². The number of rotatable bonds is 4. The van der Waals surface area contributed by atoms with Gasteiger partial charge in [0.15, 0.2) is 5.78 Å². The quantitative estimate of drug-likeness (QED) is 0.813. The van der Waals surface area contributed by atoms with E-state index < -0.39 is 5.82 Å². The maximum absolute atomic E-state index is 13.2. The Balaban J connectivity index is 2.25. The van der Waals surface area contributed by atoms with Gasteiger partial charge in [-0.05, 0) is 32.0 Å². The maximum Gasteiger partial charge on any atom is 0.163 e. The molecule has 2 rings (SSSR count). The summed E-state index contributed by atoms with van der Waals surface area (Å²) in [5.41, 5.74) is 1.71.